The molecule has 0 aliphatic carbocycles. The summed E-state index contributed by atoms with van der Waals surface area (Å²) in [4.78, 5) is 0. The number of benzene rings is 2. The minimum Gasteiger partial charge on any atom is -0.492 e. The van der Waals surface area contributed by atoms with E-state index in [1.807, 2.05) is 12.1 Å². The van der Waals surface area contributed by atoms with Gasteiger partial charge in [0.15, 0.2) is 0 Å². The highest BCUT2D eigenvalue weighted by Gasteiger charge is 2.16. The van der Waals surface area contributed by atoms with Crippen molar-refractivity contribution in [3.8, 4) is 83.6 Å². The van der Waals surface area contributed by atoms with Crippen LogP contribution in [-0.4, -0.2) is 13.2 Å². The van der Waals surface area contributed by atoms with Gasteiger partial charge in [-0.1, -0.05) is 144 Å². The van der Waals surface area contributed by atoms with E-state index in [0.29, 0.717) is 13.2 Å². The van der Waals surface area contributed by atoms with Crippen LogP contribution in [0.15, 0.2) is 36.4 Å². The van der Waals surface area contributed by atoms with Gasteiger partial charge in [-0.3, -0.25) is 0 Å². The second-order valence-electron chi connectivity index (χ2n) is 15.6. The molecule has 2 aromatic rings. The Hall–Kier alpha value is -4.60. The molecule has 0 radical (unpaired) electrons. The average Bonchev–Trinajstić information content (AvgIpc) is 3.11. The van der Waals surface area contributed by atoms with Crippen LogP contribution in [0.1, 0.15) is 167 Å². The van der Waals surface area contributed by atoms with Crippen LogP contribution in [0.25, 0.3) is 0 Å². The van der Waals surface area contributed by atoms with Crippen molar-refractivity contribution in [1.29, 1.82) is 0 Å². The van der Waals surface area contributed by atoms with E-state index in [1.54, 1.807) is 0 Å². The highest BCUT2D eigenvalue weighted by Crippen LogP contribution is 2.29. The predicted molar refractivity (Wildman–Crippen MR) is 222 cm³/mol. The van der Waals surface area contributed by atoms with Crippen molar-refractivity contribution in [2.45, 2.75) is 155 Å². The van der Waals surface area contributed by atoms with E-state index in [-0.39, 0.29) is 10.8 Å². The van der Waals surface area contributed by atoms with E-state index in [0.717, 1.165) is 35.5 Å². The normalized spacial score (nSPS) is 10.5. The molecule has 0 N–H and O–H groups in total. The highest BCUT2D eigenvalue weighted by molar-refractivity contribution is 5.53. The summed E-state index contributed by atoms with van der Waals surface area (Å²) >= 11 is 0. The summed E-state index contributed by atoms with van der Waals surface area (Å²) in [5.74, 6) is 28.7. The Morgan fingerprint density at radius 3 is 1.02 bits per heavy atom. The Morgan fingerprint density at radius 1 is 0.423 bits per heavy atom. The Morgan fingerprint density at radius 2 is 0.731 bits per heavy atom. The van der Waals surface area contributed by atoms with Crippen molar-refractivity contribution in [1.82, 2.24) is 0 Å². The fourth-order valence-electron chi connectivity index (χ4n) is 5.82. The van der Waals surface area contributed by atoms with E-state index in [2.05, 4.69) is 125 Å². The van der Waals surface area contributed by atoms with E-state index in [4.69, 9.17) is 22.3 Å². The maximum Gasteiger partial charge on any atom is 0.134 e. The zero-order valence-corrected chi connectivity index (χ0v) is 33.2. The van der Waals surface area contributed by atoms with Gasteiger partial charge in [-0.25, -0.2) is 0 Å². The van der Waals surface area contributed by atoms with Crippen molar-refractivity contribution in [2.24, 2.45) is 0 Å². The summed E-state index contributed by atoms with van der Waals surface area (Å²) in [5.41, 5.74) is 4.29. The molecule has 2 aromatic carbocycles. The molecule has 0 unspecified atom stereocenters. The van der Waals surface area contributed by atoms with Crippen LogP contribution in [0.2, 0.25) is 0 Å². The van der Waals surface area contributed by atoms with Crippen molar-refractivity contribution in [2.75, 3.05) is 13.2 Å². The fourth-order valence-corrected chi connectivity index (χ4v) is 5.82. The molecule has 0 spiro atoms. The topological polar surface area (TPSA) is 18.5 Å². The number of hydrogen-bond donors (Lipinski definition) is 0. The first-order valence-electron chi connectivity index (χ1n) is 19.5. The van der Waals surface area contributed by atoms with Gasteiger partial charge in [-0.05, 0) is 118 Å². The minimum absolute atomic E-state index is 0.0436. The fraction of sp³-hybridized carbons (Fsp3) is 0.520. The van der Waals surface area contributed by atoms with E-state index < -0.39 is 0 Å². The van der Waals surface area contributed by atoms with E-state index >= 15 is 0 Å². The smallest absolute Gasteiger partial charge is 0.134 e. The lowest BCUT2D eigenvalue weighted by atomic mass is 9.86. The van der Waals surface area contributed by atoms with Crippen LogP contribution in [0.4, 0.5) is 0 Å². The van der Waals surface area contributed by atoms with Crippen LogP contribution < -0.4 is 9.47 Å². The zero-order chi connectivity index (χ0) is 37.9. The number of rotatable bonds is 21. The number of terminal acetylenes is 2. The van der Waals surface area contributed by atoms with Gasteiger partial charge in [0.05, 0.1) is 24.3 Å². The maximum atomic E-state index is 6.13. The van der Waals surface area contributed by atoms with Gasteiger partial charge in [0, 0.05) is 0 Å². The molecule has 0 atom stereocenters. The molecule has 0 amide bonds. The summed E-state index contributed by atoms with van der Waals surface area (Å²) in [6, 6.07) is 12.6. The third-order valence-electron chi connectivity index (χ3n) is 9.03. The summed E-state index contributed by atoms with van der Waals surface area (Å²) in [5, 5.41) is 0. The average molecular weight is 695 g/mol. The number of unbranched alkanes of at least 4 members (excludes halogenated alkanes) is 15. The Kier molecular flexibility index (Phi) is 21.3. The third kappa shape index (κ3) is 19.1. The molecule has 0 heterocycles. The second kappa shape index (κ2) is 25.4. The van der Waals surface area contributed by atoms with Crippen molar-refractivity contribution in [3.05, 3.63) is 58.7 Å². The molecule has 0 saturated heterocycles. The highest BCUT2D eigenvalue weighted by atomic mass is 16.5. The molecular weight excluding hydrogens is 633 g/mol. The monoisotopic (exact) mass is 694 g/mol. The van der Waals surface area contributed by atoms with Gasteiger partial charge in [0.25, 0.3) is 0 Å². The molecule has 0 fully saturated rings. The first-order chi connectivity index (χ1) is 25.1. The lowest BCUT2D eigenvalue weighted by molar-refractivity contribution is 0.303. The third-order valence-corrected chi connectivity index (χ3v) is 9.03. The molecule has 0 aliphatic heterocycles. The van der Waals surface area contributed by atoms with Gasteiger partial charge in [-0.15, -0.1) is 12.8 Å². The van der Waals surface area contributed by atoms with Crippen LogP contribution in [0.3, 0.4) is 0 Å². The molecule has 2 heteroatoms. The van der Waals surface area contributed by atoms with Crippen LogP contribution in [-0.2, 0) is 10.8 Å². The number of ether oxygens (including phenoxy) is 2. The lowest BCUT2D eigenvalue weighted by Gasteiger charge is -2.20. The molecule has 52 heavy (non-hydrogen) atoms. The molecular formula is C50H62O2. The molecule has 0 saturated carbocycles. The maximum absolute atomic E-state index is 6.13. The second-order valence-corrected chi connectivity index (χ2v) is 15.6. The molecule has 274 valence electrons. The summed E-state index contributed by atoms with van der Waals surface area (Å²) in [7, 11) is 0. The van der Waals surface area contributed by atoms with Crippen molar-refractivity contribution >= 4 is 0 Å². The van der Waals surface area contributed by atoms with Crippen LogP contribution in [0, 0.1) is 72.1 Å². The van der Waals surface area contributed by atoms with E-state index in [1.165, 1.54) is 101 Å². The molecule has 0 aromatic heterocycles. The first-order valence-corrected chi connectivity index (χ1v) is 19.5. The molecule has 2 rings (SSSR count). The molecule has 2 nitrogen and oxygen atoms in total. The van der Waals surface area contributed by atoms with Crippen molar-refractivity contribution in [3.63, 3.8) is 0 Å². The lowest BCUT2D eigenvalue weighted by Crippen LogP contribution is -2.11. The minimum atomic E-state index is 0.0436. The van der Waals surface area contributed by atoms with Crippen molar-refractivity contribution < 1.29 is 9.47 Å². The standard InChI is InChI=1S/C50H62O2/c1-9-11-13-29-33-43-41-45(49(3,4)5)35-37-47(43)51-39-31-27-25-23-21-19-17-15-16-18-20-22-24-26-28-32-40-52-48-38-36-46(50(6,7)8)42-44(48)34-30-14-12-10-2/h1-2,35-38,41-42H,15-28,31-32,39-40H2,3-8H3. The molecule has 0 aliphatic rings. The Balaban J connectivity index is 1.47. The summed E-state index contributed by atoms with van der Waals surface area (Å²) in [6.45, 7) is 14.6. The van der Waals surface area contributed by atoms with Gasteiger partial charge >= 0.3 is 0 Å². The Bertz CT molecular complexity index is 1570. The largest absolute Gasteiger partial charge is 0.492 e. The van der Waals surface area contributed by atoms with Gasteiger partial charge in [-0.2, -0.15) is 0 Å². The summed E-state index contributed by atoms with van der Waals surface area (Å²) in [6.07, 6.45) is 31.0. The predicted octanol–water partition coefficient (Wildman–Crippen LogP) is 12.0. The SMILES string of the molecule is C#CC#CC#Cc1cc(C(C)(C)C)ccc1OCCCCCCCCCCCCCCCCCCOc1ccc(C(C)(C)C)cc1C#CC#CC#C. The number of hydrogen-bond acceptors (Lipinski definition) is 2. The van der Waals surface area contributed by atoms with Gasteiger partial charge in [0.2, 0.25) is 0 Å². The van der Waals surface area contributed by atoms with Crippen LogP contribution in [0.5, 0.6) is 11.5 Å². The Labute approximate surface area is 319 Å². The van der Waals surface area contributed by atoms with E-state index in [9.17, 15) is 0 Å². The first kappa shape index (κ1) is 43.6. The summed E-state index contributed by atoms with van der Waals surface area (Å²) < 4.78 is 12.3. The zero-order valence-electron chi connectivity index (χ0n) is 33.2. The van der Waals surface area contributed by atoms with Gasteiger partial charge in [0.1, 0.15) is 11.5 Å². The molecule has 0 bridgehead atoms. The van der Waals surface area contributed by atoms with Crippen LogP contribution >= 0.6 is 0 Å². The quantitative estimate of drug-likeness (QED) is 0.0956. The van der Waals surface area contributed by atoms with Gasteiger partial charge < -0.3 is 9.47 Å².